The summed E-state index contributed by atoms with van der Waals surface area (Å²) in [6.07, 6.45) is 2.20. The molecule has 1 unspecified atom stereocenters. The molecule has 0 spiro atoms. The Bertz CT molecular complexity index is 725. The molecule has 25 heavy (non-hydrogen) atoms. The second kappa shape index (κ2) is 8.45. The summed E-state index contributed by atoms with van der Waals surface area (Å²) in [5, 5.41) is 3.88. The highest BCUT2D eigenvalue weighted by atomic mass is 35.5. The highest BCUT2D eigenvalue weighted by molar-refractivity contribution is 6.35. The Morgan fingerprint density at radius 1 is 1.20 bits per heavy atom. The van der Waals surface area contributed by atoms with Gasteiger partial charge in [0.1, 0.15) is 5.75 Å². The second-order valence-corrected chi connectivity index (χ2v) is 6.84. The number of carbonyl (C=O) groups excluding carboxylic acids is 1. The first-order valence-electron chi connectivity index (χ1n) is 8.30. The minimum absolute atomic E-state index is 0.0700. The molecule has 2 aromatic carbocycles. The number of para-hydroxylation sites is 1. The third-order valence-electron chi connectivity index (χ3n) is 4.25. The SMILES string of the molecule is O=C(COc1ccc(Cl)cc1Cl)NCC1CCCN1c1ccccc1. The van der Waals surface area contributed by atoms with Crippen LogP contribution in [0.2, 0.25) is 10.0 Å². The lowest BCUT2D eigenvalue weighted by Gasteiger charge is -2.27. The Hall–Kier alpha value is -1.91. The van der Waals surface area contributed by atoms with Crippen molar-refractivity contribution in [2.24, 2.45) is 0 Å². The fraction of sp³-hybridized carbons (Fsp3) is 0.316. The first kappa shape index (κ1) is 17.9. The third kappa shape index (κ3) is 4.80. The molecule has 2 aromatic rings. The Morgan fingerprint density at radius 3 is 2.76 bits per heavy atom. The number of anilines is 1. The second-order valence-electron chi connectivity index (χ2n) is 5.99. The zero-order chi connectivity index (χ0) is 17.6. The summed E-state index contributed by atoms with van der Waals surface area (Å²) in [4.78, 5) is 14.4. The van der Waals surface area contributed by atoms with Gasteiger partial charge in [-0.05, 0) is 43.2 Å². The molecule has 1 aliphatic heterocycles. The molecule has 1 saturated heterocycles. The number of hydrogen-bond acceptors (Lipinski definition) is 3. The number of amides is 1. The topological polar surface area (TPSA) is 41.6 Å². The number of carbonyl (C=O) groups is 1. The molecule has 1 N–H and O–H groups in total. The quantitative estimate of drug-likeness (QED) is 0.820. The van der Waals surface area contributed by atoms with Crippen LogP contribution in [0.15, 0.2) is 48.5 Å². The van der Waals surface area contributed by atoms with Gasteiger partial charge in [0.05, 0.1) is 5.02 Å². The van der Waals surface area contributed by atoms with Crippen molar-refractivity contribution in [2.45, 2.75) is 18.9 Å². The van der Waals surface area contributed by atoms with Crippen molar-refractivity contribution in [2.75, 3.05) is 24.6 Å². The predicted octanol–water partition coefficient (Wildman–Crippen LogP) is 4.16. The Labute approximate surface area is 157 Å². The molecule has 0 aliphatic carbocycles. The molecule has 1 aliphatic rings. The molecule has 1 amide bonds. The monoisotopic (exact) mass is 378 g/mol. The van der Waals surface area contributed by atoms with E-state index < -0.39 is 0 Å². The molecular formula is C19H20Cl2N2O2. The fourth-order valence-corrected chi connectivity index (χ4v) is 3.49. The van der Waals surface area contributed by atoms with E-state index in [1.807, 2.05) is 18.2 Å². The van der Waals surface area contributed by atoms with Gasteiger partial charge in [0.15, 0.2) is 6.61 Å². The highest BCUT2D eigenvalue weighted by Gasteiger charge is 2.24. The number of ether oxygens (including phenoxy) is 1. The predicted molar refractivity (Wildman–Crippen MR) is 102 cm³/mol. The lowest BCUT2D eigenvalue weighted by atomic mass is 10.2. The van der Waals surface area contributed by atoms with Crippen LogP contribution in [-0.4, -0.2) is 31.6 Å². The van der Waals surface area contributed by atoms with Crippen molar-refractivity contribution in [1.29, 1.82) is 0 Å². The van der Waals surface area contributed by atoms with Gasteiger partial charge in [0, 0.05) is 29.8 Å². The van der Waals surface area contributed by atoms with Crippen LogP contribution in [0.4, 0.5) is 5.69 Å². The molecular weight excluding hydrogens is 359 g/mol. The Kier molecular flexibility index (Phi) is 6.05. The lowest BCUT2D eigenvalue weighted by molar-refractivity contribution is -0.123. The standard InChI is InChI=1S/C19H20Cl2N2O2/c20-14-8-9-18(17(21)11-14)25-13-19(24)22-12-16-7-4-10-23(16)15-5-2-1-3-6-15/h1-3,5-6,8-9,11,16H,4,7,10,12-13H2,(H,22,24). The molecule has 1 atom stereocenters. The summed E-state index contributed by atoms with van der Waals surface area (Å²) in [6.45, 7) is 1.55. The van der Waals surface area contributed by atoms with Gasteiger partial charge in [0.25, 0.3) is 5.91 Å². The number of nitrogens with zero attached hydrogens (tertiary/aromatic N) is 1. The fourth-order valence-electron chi connectivity index (χ4n) is 3.03. The van der Waals surface area contributed by atoms with Crippen LogP contribution in [0.5, 0.6) is 5.75 Å². The van der Waals surface area contributed by atoms with Gasteiger partial charge in [-0.15, -0.1) is 0 Å². The summed E-state index contributed by atoms with van der Waals surface area (Å²) in [5.41, 5.74) is 1.20. The smallest absolute Gasteiger partial charge is 0.258 e. The van der Waals surface area contributed by atoms with Crippen LogP contribution in [-0.2, 0) is 4.79 Å². The maximum Gasteiger partial charge on any atom is 0.258 e. The minimum atomic E-state index is -0.161. The van der Waals surface area contributed by atoms with E-state index in [1.165, 1.54) is 5.69 Å². The first-order valence-corrected chi connectivity index (χ1v) is 9.05. The van der Waals surface area contributed by atoms with Gasteiger partial charge in [0.2, 0.25) is 0 Å². The maximum atomic E-state index is 12.1. The molecule has 0 saturated carbocycles. The molecule has 1 heterocycles. The summed E-state index contributed by atoms with van der Waals surface area (Å²) < 4.78 is 5.46. The van der Waals surface area contributed by atoms with E-state index in [1.54, 1.807) is 18.2 Å². The molecule has 4 nitrogen and oxygen atoms in total. The van der Waals surface area contributed by atoms with E-state index in [9.17, 15) is 4.79 Å². The number of rotatable bonds is 6. The largest absolute Gasteiger partial charge is 0.482 e. The molecule has 0 aromatic heterocycles. The Balaban J connectivity index is 1.48. The van der Waals surface area contributed by atoms with E-state index in [4.69, 9.17) is 27.9 Å². The van der Waals surface area contributed by atoms with Crippen LogP contribution in [0.25, 0.3) is 0 Å². The van der Waals surface area contributed by atoms with Gasteiger partial charge in [-0.3, -0.25) is 4.79 Å². The van der Waals surface area contributed by atoms with Crippen molar-refractivity contribution in [3.63, 3.8) is 0 Å². The summed E-state index contributed by atoms with van der Waals surface area (Å²) in [6, 6.07) is 15.5. The van der Waals surface area contributed by atoms with Gasteiger partial charge in [-0.1, -0.05) is 41.4 Å². The van der Waals surface area contributed by atoms with Crippen molar-refractivity contribution in [1.82, 2.24) is 5.32 Å². The maximum absolute atomic E-state index is 12.1. The number of benzene rings is 2. The zero-order valence-corrected chi connectivity index (χ0v) is 15.3. The third-order valence-corrected chi connectivity index (χ3v) is 4.78. The molecule has 3 rings (SSSR count). The van der Waals surface area contributed by atoms with Gasteiger partial charge in [-0.2, -0.15) is 0 Å². The van der Waals surface area contributed by atoms with E-state index in [-0.39, 0.29) is 12.5 Å². The van der Waals surface area contributed by atoms with Crippen LogP contribution in [0.3, 0.4) is 0 Å². The molecule has 0 radical (unpaired) electrons. The van der Waals surface area contributed by atoms with E-state index in [2.05, 4.69) is 22.3 Å². The average molecular weight is 379 g/mol. The average Bonchev–Trinajstić information content (AvgIpc) is 3.08. The first-order chi connectivity index (χ1) is 12.1. The zero-order valence-electron chi connectivity index (χ0n) is 13.8. The normalized spacial score (nSPS) is 16.7. The summed E-state index contributed by atoms with van der Waals surface area (Å²) in [5.74, 6) is 0.291. The molecule has 1 fully saturated rings. The number of halogens is 2. The molecule has 0 bridgehead atoms. The number of hydrogen-bond donors (Lipinski definition) is 1. The number of nitrogens with one attached hydrogen (secondary N) is 1. The van der Waals surface area contributed by atoms with Gasteiger partial charge < -0.3 is 15.0 Å². The highest BCUT2D eigenvalue weighted by Crippen LogP contribution is 2.27. The lowest BCUT2D eigenvalue weighted by Crippen LogP contribution is -2.41. The van der Waals surface area contributed by atoms with Crippen LogP contribution < -0.4 is 15.0 Å². The van der Waals surface area contributed by atoms with E-state index in [0.29, 0.717) is 28.4 Å². The Morgan fingerprint density at radius 2 is 2.00 bits per heavy atom. The van der Waals surface area contributed by atoms with Crippen LogP contribution in [0, 0.1) is 0 Å². The van der Waals surface area contributed by atoms with Crippen molar-refractivity contribution in [3.8, 4) is 5.75 Å². The van der Waals surface area contributed by atoms with Gasteiger partial charge >= 0.3 is 0 Å². The van der Waals surface area contributed by atoms with Crippen molar-refractivity contribution >= 4 is 34.8 Å². The van der Waals surface area contributed by atoms with Crippen molar-refractivity contribution < 1.29 is 9.53 Å². The summed E-state index contributed by atoms with van der Waals surface area (Å²) in [7, 11) is 0. The molecule has 6 heteroatoms. The van der Waals surface area contributed by atoms with Gasteiger partial charge in [-0.25, -0.2) is 0 Å². The van der Waals surface area contributed by atoms with Crippen LogP contribution >= 0.6 is 23.2 Å². The van der Waals surface area contributed by atoms with Crippen LogP contribution in [0.1, 0.15) is 12.8 Å². The van der Waals surface area contributed by atoms with E-state index >= 15 is 0 Å². The van der Waals surface area contributed by atoms with Crippen molar-refractivity contribution in [3.05, 3.63) is 58.6 Å². The minimum Gasteiger partial charge on any atom is -0.482 e. The molecule has 132 valence electrons. The summed E-state index contributed by atoms with van der Waals surface area (Å²) >= 11 is 11.9. The van der Waals surface area contributed by atoms with E-state index in [0.717, 1.165) is 19.4 Å².